The highest BCUT2D eigenvalue weighted by Crippen LogP contribution is 2.43. The zero-order valence-electron chi connectivity index (χ0n) is 62.0. The van der Waals surface area contributed by atoms with Gasteiger partial charge in [-0.2, -0.15) is 0 Å². The summed E-state index contributed by atoms with van der Waals surface area (Å²) in [5.74, 6) is -0.832. The maximum absolute atomic E-state index is 12.8. The highest BCUT2D eigenvalue weighted by Gasteiger charge is 2.26. The summed E-state index contributed by atoms with van der Waals surface area (Å²) in [4.78, 5) is 35.5. The van der Waals surface area contributed by atoms with Gasteiger partial charge in [0.15, 0.2) is 6.10 Å². The minimum absolute atomic E-state index is 0.0463. The molecule has 3 N–H and O–H groups in total. The molecule has 0 aliphatic rings. The van der Waals surface area contributed by atoms with E-state index in [9.17, 15) is 19.0 Å². The third kappa shape index (κ3) is 80.0. The average Bonchev–Trinajstić information content (AvgIpc) is 2.69. The van der Waals surface area contributed by atoms with Crippen molar-refractivity contribution < 1.29 is 37.6 Å². The van der Waals surface area contributed by atoms with Gasteiger partial charge in [-0.1, -0.05) is 357 Å². The smallest absolute Gasteiger partial charge is 0.462 e. The highest BCUT2D eigenvalue weighted by atomic mass is 31.2. The quantitative estimate of drug-likeness (QED) is 0.0264. The lowest BCUT2D eigenvalue weighted by molar-refractivity contribution is -0.161. The third-order valence-corrected chi connectivity index (χ3v) is 17.3. The average molecular weight is 1360 g/mol. The summed E-state index contributed by atoms with van der Waals surface area (Å²) >= 11 is 0. The van der Waals surface area contributed by atoms with Gasteiger partial charge >= 0.3 is 19.8 Å². The van der Waals surface area contributed by atoms with Crippen LogP contribution in [0.2, 0.25) is 0 Å². The topological polar surface area (TPSA) is 134 Å². The van der Waals surface area contributed by atoms with Crippen LogP contribution in [0, 0.1) is 0 Å². The van der Waals surface area contributed by atoms with Gasteiger partial charge in [-0.3, -0.25) is 18.6 Å². The number of phosphoric acid groups is 1. The first kappa shape index (κ1) is 92.1. The largest absolute Gasteiger partial charge is 0.472 e. The van der Waals surface area contributed by atoms with Crippen LogP contribution in [0.25, 0.3) is 0 Å². The van der Waals surface area contributed by atoms with Gasteiger partial charge in [0.05, 0.1) is 13.2 Å². The Morgan fingerprint density at radius 3 is 0.794 bits per heavy atom. The molecule has 0 aliphatic carbocycles. The normalized spacial score (nSPS) is 13.9. The molecule has 0 spiro atoms. The summed E-state index contributed by atoms with van der Waals surface area (Å²) in [6.45, 7) is 3.52. The predicted octanol–water partition coefficient (Wildman–Crippen LogP) is 26.6. The molecule has 0 amide bonds. The minimum atomic E-state index is -4.41. The number of allylic oxidation sites excluding steroid dienone is 30. The number of nitrogens with two attached hydrogens (primary N) is 1. The van der Waals surface area contributed by atoms with E-state index >= 15 is 0 Å². The van der Waals surface area contributed by atoms with Crippen LogP contribution in [0.4, 0.5) is 0 Å². The van der Waals surface area contributed by atoms with Gasteiger partial charge in [0.25, 0.3) is 0 Å². The lowest BCUT2D eigenvalue weighted by atomic mass is 10.0. The van der Waals surface area contributed by atoms with Gasteiger partial charge < -0.3 is 20.1 Å². The van der Waals surface area contributed by atoms with E-state index in [1.54, 1.807) is 0 Å². The van der Waals surface area contributed by atoms with Crippen LogP contribution in [0.5, 0.6) is 0 Å². The molecule has 9 nitrogen and oxygen atoms in total. The zero-order valence-corrected chi connectivity index (χ0v) is 62.9. The van der Waals surface area contributed by atoms with Gasteiger partial charge in [-0.05, 0) is 135 Å². The van der Waals surface area contributed by atoms with E-state index in [0.29, 0.717) is 6.42 Å². The van der Waals surface area contributed by atoms with Gasteiger partial charge in [-0.25, -0.2) is 4.57 Å². The van der Waals surface area contributed by atoms with Crippen molar-refractivity contribution in [3.63, 3.8) is 0 Å². The Morgan fingerprint density at radius 2 is 0.536 bits per heavy atom. The molecule has 0 saturated heterocycles. The predicted molar refractivity (Wildman–Crippen MR) is 422 cm³/mol. The summed E-state index contributed by atoms with van der Waals surface area (Å²) in [6, 6.07) is 0. The number of hydrogen-bond donors (Lipinski definition) is 2. The molecule has 0 aliphatic heterocycles. The fourth-order valence-electron chi connectivity index (χ4n) is 10.6. The van der Waals surface area contributed by atoms with Crippen molar-refractivity contribution in [2.75, 3.05) is 26.4 Å². The second-order valence-corrected chi connectivity index (χ2v) is 26.9. The first-order chi connectivity index (χ1) is 47.8. The molecule has 2 unspecified atom stereocenters. The van der Waals surface area contributed by atoms with Gasteiger partial charge in [0.1, 0.15) is 6.61 Å². The van der Waals surface area contributed by atoms with E-state index in [1.807, 2.05) is 0 Å². The lowest BCUT2D eigenvalue weighted by Crippen LogP contribution is -2.29. The number of phosphoric ester groups is 1. The monoisotopic (exact) mass is 1360 g/mol. The second-order valence-electron chi connectivity index (χ2n) is 25.5. The van der Waals surface area contributed by atoms with E-state index in [-0.39, 0.29) is 38.6 Å². The van der Waals surface area contributed by atoms with Crippen molar-refractivity contribution >= 4 is 19.8 Å². The van der Waals surface area contributed by atoms with Crippen molar-refractivity contribution in [3.05, 3.63) is 182 Å². The number of rotatable bonds is 72. The van der Waals surface area contributed by atoms with E-state index < -0.39 is 26.5 Å². The fraction of sp³-hybridized carbons (Fsp3) is 0.632. The molecular weight excluding hydrogens is 1220 g/mol. The minimum Gasteiger partial charge on any atom is -0.462 e. The molecule has 97 heavy (non-hydrogen) atoms. The Labute approximate surface area is 596 Å². The van der Waals surface area contributed by atoms with Crippen LogP contribution in [0.15, 0.2) is 182 Å². The highest BCUT2D eigenvalue weighted by molar-refractivity contribution is 7.47. The molecule has 10 heteroatoms. The van der Waals surface area contributed by atoms with Crippen LogP contribution in [-0.2, 0) is 32.7 Å². The Morgan fingerprint density at radius 1 is 0.309 bits per heavy atom. The van der Waals surface area contributed by atoms with E-state index in [2.05, 4.69) is 196 Å². The van der Waals surface area contributed by atoms with Crippen LogP contribution in [-0.4, -0.2) is 49.3 Å². The maximum Gasteiger partial charge on any atom is 0.472 e. The first-order valence-electron chi connectivity index (χ1n) is 39.3. The van der Waals surface area contributed by atoms with Crippen molar-refractivity contribution in [1.82, 2.24) is 0 Å². The number of ether oxygens (including phenoxy) is 2. The molecule has 0 heterocycles. The zero-order chi connectivity index (χ0) is 70.0. The third-order valence-electron chi connectivity index (χ3n) is 16.3. The molecule has 2 atom stereocenters. The van der Waals surface area contributed by atoms with Crippen molar-refractivity contribution in [2.24, 2.45) is 5.73 Å². The van der Waals surface area contributed by atoms with Crippen LogP contribution in [0.1, 0.15) is 322 Å². The van der Waals surface area contributed by atoms with Gasteiger partial charge in [0, 0.05) is 19.4 Å². The Bertz CT molecular complexity index is 2250. The molecule has 550 valence electrons. The molecule has 0 bridgehead atoms. The van der Waals surface area contributed by atoms with Crippen molar-refractivity contribution in [2.45, 2.75) is 328 Å². The Balaban J connectivity index is 3.87. The maximum atomic E-state index is 12.8. The van der Waals surface area contributed by atoms with Crippen LogP contribution < -0.4 is 5.73 Å². The Hall–Kier alpha value is -4.89. The van der Waals surface area contributed by atoms with Crippen molar-refractivity contribution in [1.29, 1.82) is 0 Å². The summed E-state index contributed by atoms with van der Waals surface area (Å²) in [5.41, 5.74) is 5.41. The molecular formula is C87H144NO8P. The lowest BCUT2D eigenvalue weighted by Gasteiger charge is -2.19. The number of carbonyl (C=O) groups is 2. The second kappa shape index (κ2) is 80.1. The van der Waals surface area contributed by atoms with E-state index in [4.69, 9.17) is 24.3 Å². The number of carbonyl (C=O) groups excluding carboxylic acids is 2. The molecule has 0 fully saturated rings. The standard InChI is InChI=1S/C87H144NO8P/c1-3-5-7-9-11-13-15-17-19-21-23-25-27-29-31-33-35-37-39-40-41-42-43-44-46-47-49-51-53-55-57-59-61-63-65-67-69-71-73-75-77-79-86(89)93-83-85(84-95-97(91,92)94-82-81-88)96-87(90)80-78-76-74-72-70-68-66-64-62-60-58-56-54-52-50-48-45-38-36-34-32-30-28-26-24-22-20-18-16-14-12-10-8-6-4-2/h5-8,11-14,17-20,23-26,29-32,35-38,40-41,48,50,54,56,85H,3-4,9-10,15-16,21-22,27-28,33-34,39,42-47,49,51-53,55,57-84,88H2,1-2H3,(H,91,92)/b7-5-,8-6-,13-11-,14-12-,19-17-,20-18-,25-23-,26-24-,31-29-,32-30-,37-35-,38-36-,41-40-,50-48-,56-54-. The van der Waals surface area contributed by atoms with E-state index in [0.717, 1.165) is 141 Å². The molecule has 0 aromatic carbocycles. The molecule has 0 aromatic heterocycles. The summed E-state index contributed by atoms with van der Waals surface area (Å²) in [5, 5.41) is 0. The number of unbranched alkanes of at least 4 members (excludes halogenated alkanes) is 29. The number of esters is 2. The SMILES string of the molecule is CC/C=C\C/C=C\C/C=C\C/C=C\C/C=C\C/C=C\C/C=C\C/C=C\CCCCCCCCCCCCC(=O)OC(COC(=O)CCCCCCCCCCCCCCCCCCCCC/C=C\C/C=C\C/C=C\C/C=C\C/C=C\C/C=C\C/C=C\CC)COP(=O)(O)OCCN. The molecule has 0 rings (SSSR count). The molecule has 0 saturated carbocycles. The molecule has 0 aromatic rings. The fourth-order valence-corrected chi connectivity index (χ4v) is 11.3. The van der Waals surface area contributed by atoms with Gasteiger partial charge in [0.2, 0.25) is 0 Å². The van der Waals surface area contributed by atoms with Crippen LogP contribution >= 0.6 is 7.82 Å². The summed E-state index contributed by atoms with van der Waals surface area (Å²) in [6.07, 6.45) is 120. The van der Waals surface area contributed by atoms with E-state index in [1.165, 1.54) is 148 Å². The van der Waals surface area contributed by atoms with Gasteiger partial charge in [-0.15, -0.1) is 0 Å². The Kier molecular flexibility index (Phi) is 76.1. The number of hydrogen-bond acceptors (Lipinski definition) is 8. The summed E-state index contributed by atoms with van der Waals surface area (Å²) in [7, 11) is -4.41. The first-order valence-corrected chi connectivity index (χ1v) is 40.8. The van der Waals surface area contributed by atoms with Crippen molar-refractivity contribution in [3.8, 4) is 0 Å². The summed E-state index contributed by atoms with van der Waals surface area (Å²) < 4.78 is 33.3. The molecule has 0 radical (unpaired) electrons. The van der Waals surface area contributed by atoms with Crippen LogP contribution in [0.3, 0.4) is 0 Å².